The van der Waals surface area contributed by atoms with Gasteiger partial charge in [-0.1, -0.05) is 15.9 Å². The summed E-state index contributed by atoms with van der Waals surface area (Å²) >= 11 is 3.30. The van der Waals surface area contributed by atoms with Crippen LogP contribution in [0.3, 0.4) is 0 Å². The van der Waals surface area contributed by atoms with Gasteiger partial charge in [0.05, 0.1) is 0 Å². The van der Waals surface area contributed by atoms with Crippen LogP contribution in [-0.2, 0) is 10.8 Å². The Hall–Kier alpha value is -0.680. The van der Waals surface area contributed by atoms with Crippen LogP contribution in [0.25, 0.3) is 0 Å². The minimum atomic E-state index is -0.909. The molecule has 1 aromatic rings. The molecule has 1 N–H and O–H groups in total. The molecule has 1 rings (SSSR count). The molecule has 0 radical (unpaired) electrons. The van der Waals surface area contributed by atoms with Crippen molar-refractivity contribution in [2.75, 3.05) is 12.8 Å². The summed E-state index contributed by atoms with van der Waals surface area (Å²) in [4.78, 5) is 11.7. The lowest BCUT2D eigenvalue weighted by Gasteiger charge is -2.09. The normalized spacial score (nSPS) is 14.2. The fourth-order valence-electron chi connectivity index (χ4n) is 1.06. The van der Waals surface area contributed by atoms with Gasteiger partial charge >= 0.3 is 0 Å². The van der Waals surface area contributed by atoms with Crippen LogP contribution in [0.15, 0.2) is 28.7 Å². The molecule has 0 fully saturated rings. The van der Waals surface area contributed by atoms with E-state index in [9.17, 15) is 9.00 Å². The van der Waals surface area contributed by atoms with Crippen LogP contribution in [0.5, 0.6) is 0 Å². The van der Waals surface area contributed by atoms with E-state index >= 15 is 0 Å². The van der Waals surface area contributed by atoms with Crippen molar-refractivity contribution in [3.8, 4) is 0 Å². The van der Waals surface area contributed by atoms with Crippen molar-refractivity contribution >= 4 is 32.6 Å². The maximum absolute atomic E-state index is 11.7. The molecule has 0 saturated carbocycles. The van der Waals surface area contributed by atoms with Gasteiger partial charge in [-0.2, -0.15) is 0 Å². The summed E-state index contributed by atoms with van der Waals surface area (Å²) in [5, 5.41) is 2.72. The zero-order valence-electron chi connectivity index (χ0n) is 9.20. The smallest absolute Gasteiger partial charge is 0.251 e. The van der Waals surface area contributed by atoms with Gasteiger partial charge in [-0.25, -0.2) is 0 Å². The predicted molar refractivity (Wildman–Crippen MR) is 70.0 cm³/mol. The number of nitrogens with one attached hydrogen (secondary N) is 1. The number of halogens is 1. The van der Waals surface area contributed by atoms with Crippen LogP contribution in [-0.4, -0.2) is 28.2 Å². The van der Waals surface area contributed by atoms with Gasteiger partial charge in [-0.05, 0) is 31.2 Å². The molecule has 0 aliphatic rings. The highest BCUT2D eigenvalue weighted by atomic mass is 79.9. The second-order valence-electron chi connectivity index (χ2n) is 3.53. The number of carbonyl (C=O) groups excluding carboxylic acids is 1. The molecule has 2 atom stereocenters. The molecule has 2 unspecified atom stereocenters. The zero-order chi connectivity index (χ0) is 12.1. The van der Waals surface area contributed by atoms with E-state index in [0.29, 0.717) is 12.1 Å². The first-order valence-electron chi connectivity index (χ1n) is 4.86. The number of benzene rings is 1. The summed E-state index contributed by atoms with van der Waals surface area (Å²) in [6.07, 6.45) is 1.64. The van der Waals surface area contributed by atoms with Gasteiger partial charge in [0.1, 0.15) is 0 Å². The van der Waals surface area contributed by atoms with Crippen LogP contribution < -0.4 is 5.32 Å². The highest BCUT2D eigenvalue weighted by Crippen LogP contribution is 2.10. The SMILES string of the molecule is CC(CNC(=O)c1ccc(Br)cc1)S(C)=O. The quantitative estimate of drug-likeness (QED) is 0.924. The lowest BCUT2D eigenvalue weighted by Crippen LogP contribution is -2.32. The summed E-state index contributed by atoms with van der Waals surface area (Å²) in [6.45, 7) is 2.27. The van der Waals surface area contributed by atoms with Crippen molar-refractivity contribution in [2.24, 2.45) is 0 Å². The fourth-order valence-corrected chi connectivity index (χ4v) is 1.64. The van der Waals surface area contributed by atoms with Gasteiger partial charge in [-0.15, -0.1) is 0 Å². The maximum atomic E-state index is 11.7. The van der Waals surface area contributed by atoms with Gasteiger partial charge < -0.3 is 5.32 Å². The highest BCUT2D eigenvalue weighted by molar-refractivity contribution is 9.10. The second-order valence-corrected chi connectivity index (χ2v) is 6.24. The summed E-state index contributed by atoms with van der Waals surface area (Å²) in [5.41, 5.74) is 0.609. The molecule has 0 bridgehead atoms. The fraction of sp³-hybridized carbons (Fsp3) is 0.364. The van der Waals surface area contributed by atoms with Crippen molar-refractivity contribution in [1.29, 1.82) is 0 Å². The number of amides is 1. The first-order chi connectivity index (χ1) is 7.50. The van der Waals surface area contributed by atoms with E-state index < -0.39 is 10.8 Å². The lowest BCUT2D eigenvalue weighted by atomic mass is 10.2. The van der Waals surface area contributed by atoms with E-state index in [2.05, 4.69) is 21.2 Å². The maximum Gasteiger partial charge on any atom is 0.251 e. The second kappa shape index (κ2) is 6.15. The van der Waals surface area contributed by atoms with E-state index in [1.54, 1.807) is 18.4 Å². The number of carbonyl (C=O) groups is 1. The van der Waals surface area contributed by atoms with Gasteiger partial charge in [-0.3, -0.25) is 9.00 Å². The topological polar surface area (TPSA) is 46.2 Å². The zero-order valence-corrected chi connectivity index (χ0v) is 11.6. The molecule has 0 aliphatic heterocycles. The summed E-state index contributed by atoms with van der Waals surface area (Å²) in [5.74, 6) is -0.134. The Bertz CT molecular complexity index is 391. The first-order valence-corrected chi connectivity index (χ1v) is 7.28. The van der Waals surface area contributed by atoms with Gasteiger partial charge in [0.25, 0.3) is 5.91 Å². The predicted octanol–water partition coefficient (Wildman–Crippen LogP) is 1.95. The van der Waals surface area contributed by atoms with Crippen molar-refractivity contribution in [3.63, 3.8) is 0 Å². The Labute approximate surface area is 106 Å². The molecule has 5 heteroatoms. The molecule has 0 saturated heterocycles. The third kappa shape index (κ3) is 4.06. The molecule has 0 heterocycles. The molecule has 0 spiro atoms. The molecular weight excluding hydrogens is 290 g/mol. The van der Waals surface area contributed by atoms with E-state index in [1.165, 1.54) is 0 Å². The molecule has 0 aromatic heterocycles. The molecule has 3 nitrogen and oxygen atoms in total. The molecular formula is C11H14BrNO2S. The Morgan fingerprint density at radius 3 is 2.50 bits per heavy atom. The van der Waals surface area contributed by atoms with Crippen molar-refractivity contribution in [3.05, 3.63) is 34.3 Å². The average Bonchev–Trinajstić information content (AvgIpc) is 2.26. The lowest BCUT2D eigenvalue weighted by molar-refractivity contribution is 0.0954. The van der Waals surface area contributed by atoms with E-state index in [1.807, 2.05) is 19.1 Å². The third-order valence-electron chi connectivity index (χ3n) is 2.22. The van der Waals surface area contributed by atoms with Crippen molar-refractivity contribution in [2.45, 2.75) is 12.2 Å². The standard InChI is InChI=1S/C11H14BrNO2S/c1-8(16(2)15)7-13-11(14)9-3-5-10(12)6-4-9/h3-6,8H,7H2,1-2H3,(H,13,14). The highest BCUT2D eigenvalue weighted by Gasteiger charge is 2.09. The Balaban J connectivity index is 2.53. The van der Waals surface area contributed by atoms with Crippen LogP contribution in [0, 0.1) is 0 Å². The van der Waals surface area contributed by atoms with Crippen molar-refractivity contribution < 1.29 is 9.00 Å². The van der Waals surface area contributed by atoms with E-state index in [4.69, 9.17) is 0 Å². The molecule has 1 aromatic carbocycles. The molecule has 1 amide bonds. The Morgan fingerprint density at radius 1 is 1.44 bits per heavy atom. The third-order valence-corrected chi connectivity index (χ3v) is 4.05. The monoisotopic (exact) mass is 303 g/mol. The largest absolute Gasteiger partial charge is 0.351 e. The number of hydrogen-bond acceptors (Lipinski definition) is 2. The van der Waals surface area contributed by atoms with Crippen molar-refractivity contribution in [1.82, 2.24) is 5.32 Å². The summed E-state index contributed by atoms with van der Waals surface area (Å²) < 4.78 is 12.0. The number of hydrogen-bond donors (Lipinski definition) is 1. The van der Waals surface area contributed by atoms with Crippen LogP contribution in [0.4, 0.5) is 0 Å². The van der Waals surface area contributed by atoms with E-state index in [-0.39, 0.29) is 11.2 Å². The van der Waals surface area contributed by atoms with Crippen LogP contribution in [0.2, 0.25) is 0 Å². The Kier molecular flexibility index (Phi) is 5.15. The molecule has 0 aliphatic carbocycles. The van der Waals surface area contributed by atoms with Gasteiger partial charge in [0.2, 0.25) is 0 Å². The Morgan fingerprint density at radius 2 is 2.00 bits per heavy atom. The molecule has 16 heavy (non-hydrogen) atoms. The average molecular weight is 304 g/mol. The summed E-state index contributed by atoms with van der Waals surface area (Å²) in [6, 6.07) is 7.12. The summed E-state index contributed by atoms with van der Waals surface area (Å²) in [7, 11) is -0.909. The van der Waals surface area contributed by atoms with Gasteiger partial charge in [0, 0.05) is 38.9 Å². The first kappa shape index (κ1) is 13.4. The van der Waals surface area contributed by atoms with E-state index in [0.717, 1.165) is 4.47 Å². The van der Waals surface area contributed by atoms with Gasteiger partial charge in [0.15, 0.2) is 0 Å². The van der Waals surface area contributed by atoms with Crippen LogP contribution in [0.1, 0.15) is 17.3 Å². The minimum Gasteiger partial charge on any atom is -0.351 e. The molecule has 88 valence electrons. The number of rotatable bonds is 4. The van der Waals surface area contributed by atoms with Crippen LogP contribution >= 0.6 is 15.9 Å². The minimum absolute atomic E-state index is 0.0283.